The number of likely N-dealkylation sites (N-methyl/N-ethyl adjacent to an activating group) is 1. The number of nitrogens with zero attached hydrogens (tertiary/aromatic N) is 2. The third-order valence-corrected chi connectivity index (χ3v) is 3.71. The lowest BCUT2D eigenvalue weighted by molar-refractivity contribution is 0.0951. The molecule has 0 spiro atoms. The summed E-state index contributed by atoms with van der Waals surface area (Å²) in [5.41, 5.74) is 2.88. The number of pyridine rings is 1. The molecule has 2 rings (SSSR count). The zero-order valence-electron chi connectivity index (χ0n) is 13.9. The lowest BCUT2D eigenvalue weighted by atomic mass is 10.2. The van der Waals surface area contributed by atoms with Crippen LogP contribution in [0.2, 0.25) is 0 Å². The molecule has 5 heteroatoms. The number of amides is 1. The molecule has 0 fully saturated rings. The van der Waals surface area contributed by atoms with Gasteiger partial charge in [-0.25, -0.2) is 4.98 Å². The van der Waals surface area contributed by atoms with E-state index in [4.69, 9.17) is 4.74 Å². The first kappa shape index (κ1) is 16.8. The maximum atomic E-state index is 12.2. The number of ether oxygens (including phenoxy) is 1. The van der Waals surface area contributed by atoms with Gasteiger partial charge in [-0.05, 0) is 37.6 Å². The Morgan fingerprint density at radius 2 is 2.04 bits per heavy atom. The summed E-state index contributed by atoms with van der Waals surface area (Å²) in [5, 5.41) is 2.93. The molecule has 0 saturated heterocycles. The largest absolute Gasteiger partial charge is 0.480 e. The van der Waals surface area contributed by atoms with Gasteiger partial charge in [0.1, 0.15) is 5.56 Å². The predicted molar refractivity (Wildman–Crippen MR) is 92.2 cm³/mol. The summed E-state index contributed by atoms with van der Waals surface area (Å²) in [5.74, 6) is 0.173. The summed E-state index contributed by atoms with van der Waals surface area (Å²) in [6, 6.07) is 11.7. The Hall–Kier alpha value is -2.56. The Kier molecular flexibility index (Phi) is 5.97. The molecule has 122 valence electrons. The van der Waals surface area contributed by atoms with Gasteiger partial charge in [-0.3, -0.25) is 4.79 Å². The average Bonchev–Trinajstić information content (AvgIpc) is 2.59. The van der Waals surface area contributed by atoms with Gasteiger partial charge in [0.15, 0.2) is 0 Å². The number of aromatic nitrogens is 1. The summed E-state index contributed by atoms with van der Waals surface area (Å²) in [6.45, 7) is 6.39. The number of benzene rings is 1. The molecule has 1 amide bonds. The molecule has 1 heterocycles. The molecule has 0 saturated carbocycles. The molecule has 0 radical (unpaired) electrons. The molecular formula is C18H23N3O2. The van der Waals surface area contributed by atoms with Crippen molar-refractivity contribution in [3.8, 4) is 5.88 Å². The molecule has 0 aliphatic carbocycles. The van der Waals surface area contributed by atoms with E-state index in [1.165, 1.54) is 18.4 Å². The van der Waals surface area contributed by atoms with E-state index in [-0.39, 0.29) is 5.91 Å². The second-order valence-electron chi connectivity index (χ2n) is 5.18. The Morgan fingerprint density at radius 3 is 2.74 bits per heavy atom. The van der Waals surface area contributed by atoms with Gasteiger partial charge in [0.2, 0.25) is 5.88 Å². The standard InChI is InChI=1S/C18H23N3O2/c1-4-21(16-10-6-5-8-14(16)2)13-12-19-17(22)15-9-7-11-20-18(15)23-3/h5-11H,4,12-13H2,1-3H3,(H,19,22). The van der Waals surface area contributed by atoms with Gasteiger partial charge in [-0.1, -0.05) is 18.2 Å². The SMILES string of the molecule is CCN(CCNC(=O)c1cccnc1OC)c1ccccc1C. The van der Waals surface area contributed by atoms with Gasteiger partial charge in [0, 0.05) is 31.5 Å². The van der Waals surface area contributed by atoms with Crippen molar-refractivity contribution >= 4 is 11.6 Å². The third kappa shape index (κ3) is 4.22. The van der Waals surface area contributed by atoms with Gasteiger partial charge in [0.05, 0.1) is 7.11 Å². The van der Waals surface area contributed by atoms with Crippen molar-refractivity contribution in [3.05, 3.63) is 53.7 Å². The number of rotatable bonds is 7. The van der Waals surface area contributed by atoms with Gasteiger partial charge in [-0.2, -0.15) is 0 Å². The van der Waals surface area contributed by atoms with Gasteiger partial charge in [0.25, 0.3) is 5.91 Å². The van der Waals surface area contributed by atoms with Crippen molar-refractivity contribution in [2.75, 3.05) is 31.6 Å². The third-order valence-electron chi connectivity index (χ3n) is 3.71. The highest BCUT2D eigenvalue weighted by molar-refractivity contribution is 5.96. The van der Waals surface area contributed by atoms with Crippen LogP contribution in [-0.2, 0) is 0 Å². The minimum atomic E-state index is -0.171. The fraction of sp³-hybridized carbons (Fsp3) is 0.333. The number of aryl methyl sites for hydroxylation is 1. The van der Waals surface area contributed by atoms with E-state index in [0.717, 1.165) is 13.1 Å². The highest BCUT2D eigenvalue weighted by atomic mass is 16.5. The van der Waals surface area contributed by atoms with Crippen molar-refractivity contribution in [1.82, 2.24) is 10.3 Å². The average molecular weight is 313 g/mol. The van der Waals surface area contributed by atoms with Crippen molar-refractivity contribution in [2.45, 2.75) is 13.8 Å². The molecular weight excluding hydrogens is 290 g/mol. The van der Waals surface area contributed by atoms with E-state index in [2.05, 4.69) is 41.2 Å². The predicted octanol–water partition coefficient (Wildman–Crippen LogP) is 2.65. The molecule has 23 heavy (non-hydrogen) atoms. The lowest BCUT2D eigenvalue weighted by Gasteiger charge is -2.25. The van der Waals surface area contributed by atoms with Crippen LogP contribution < -0.4 is 15.0 Å². The van der Waals surface area contributed by atoms with E-state index >= 15 is 0 Å². The van der Waals surface area contributed by atoms with Crippen molar-refractivity contribution in [3.63, 3.8) is 0 Å². The molecule has 0 aliphatic heterocycles. The van der Waals surface area contributed by atoms with Crippen LogP contribution in [-0.4, -0.2) is 37.6 Å². The number of methoxy groups -OCH3 is 1. The van der Waals surface area contributed by atoms with Gasteiger partial charge in [-0.15, -0.1) is 0 Å². The molecule has 0 aliphatic rings. The normalized spacial score (nSPS) is 10.2. The van der Waals surface area contributed by atoms with Crippen LogP contribution in [0.15, 0.2) is 42.6 Å². The van der Waals surface area contributed by atoms with E-state index in [0.29, 0.717) is 18.0 Å². The quantitative estimate of drug-likeness (QED) is 0.854. The summed E-state index contributed by atoms with van der Waals surface area (Å²) < 4.78 is 5.12. The first-order chi connectivity index (χ1) is 11.2. The van der Waals surface area contributed by atoms with Crippen molar-refractivity contribution in [1.29, 1.82) is 0 Å². The number of anilines is 1. The van der Waals surface area contributed by atoms with Gasteiger partial charge >= 0.3 is 0 Å². The van der Waals surface area contributed by atoms with Crippen LogP contribution in [0.3, 0.4) is 0 Å². The fourth-order valence-electron chi connectivity index (χ4n) is 2.49. The smallest absolute Gasteiger partial charge is 0.256 e. The molecule has 0 bridgehead atoms. The molecule has 0 unspecified atom stereocenters. The second kappa shape index (κ2) is 8.17. The highest BCUT2D eigenvalue weighted by Crippen LogP contribution is 2.18. The Balaban J connectivity index is 1.95. The zero-order valence-corrected chi connectivity index (χ0v) is 13.9. The maximum absolute atomic E-state index is 12.2. The number of carbonyl (C=O) groups is 1. The van der Waals surface area contributed by atoms with E-state index in [1.54, 1.807) is 18.3 Å². The molecule has 5 nitrogen and oxygen atoms in total. The highest BCUT2D eigenvalue weighted by Gasteiger charge is 2.13. The number of carbonyl (C=O) groups excluding carboxylic acids is 1. The summed E-state index contributed by atoms with van der Waals surface area (Å²) in [7, 11) is 1.51. The molecule has 0 atom stereocenters. The van der Waals surface area contributed by atoms with E-state index < -0.39 is 0 Å². The summed E-state index contributed by atoms with van der Waals surface area (Å²) >= 11 is 0. The zero-order chi connectivity index (χ0) is 16.7. The lowest BCUT2D eigenvalue weighted by Crippen LogP contribution is -2.35. The molecule has 1 N–H and O–H groups in total. The summed E-state index contributed by atoms with van der Waals surface area (Å²) in [6.07, 6.45) is 1.60. The topological polar surface area (TPSA) is 54.5 Å². The minimum Gasteiger partial charge on any atom is -0.480 e. The fourth-order valence-corrected chi connectivity index (χ4v) is 2.49. The first-order valence-corrected chi connectivity index (χ1v) is 7.75. The minimum absolute atomic E-state index is 0.171. The van der Waals surface area contributed by atoms with E-state index in [1.807, 2.05) is 12.1 Å². The molecule has 1 aromatic carbocycles. The van der Waals surface area contributed by atoms with Crippen LogP contribution in [0.1, 0.15) is 22.8 Å². The number of hydrogen-bond acceptors (Lipinski definition) is 4. The van der Waals surface area contributed by atoms with Crippen LogP contribution in [0, 0.1) is 6.92 Å². The van der Waals surface area contributed by atoms with E-state index in [9.17, 15) is 4.79 Å². The Labute approximate surface area is 137 Å². The molecule has 2 aromatic rings. The number of para-hydroxylation sites is 1. The van der Waals surface area contributed by atoms with Gasteiger partial charge < -0.3 is 15.0 Å². The van der Waals surface area contributed by atoms with Crippen molar-refractivity contribution < 1.29 is 9.53 Å². The summed E-state index contributed by atoms with van der Waals surface area (Å²) in [4.78, 5) is 18.5. The number of hydrogen-bond donors (Lipinski definition) is 1. The Bertz CT molecular complexity index is 658. The second-order valence-corrected chi connectivity index (χ2v) is 5.18. The first-order valence-electron chi connectivity index (χ1n) is 7.75. The monoisotopic (exact) mass is 313 g/mol. The van der Waals surface area contributed by atoms with Crippen LogP contribution in [0.25, 0.3) is 0 Å². The van der Waals surface area contributed by atoms with Crippen LogP contribution >= 0.6 is 0 Å². The number of nitrogens with one attached hydrogen (secondary N) is 1. The maximum Gasteiger partial charge on any atom is 0.256 e. The van der Waals surface area contributed by atoms with Crippen LogP contribution in [0.5, 0.6) is 5.88 Å². The van der Waals surface area contributed by atoms with Crippen molar-refractivity contribution in [2.24, 2.45) is 0 Å². The molecule has 1 aromatic heterocycles. The Morgan fingerprint density at radius 1 is 1.26 bits per heavy atom. The van der Waals surface area contributed by atoms with Crippen LogP contribution in [0.4, 0.5) is 5.69 Å².